The third kappa shape index (κ3) is 4.19. The maximum atomic E-state index is 12.2. The number of rotatable bonds is 4. The Bertz CT molecular complexity index is 539. The van der Waals surface area contributed by atoms with Gasteiger partial charge in [-0.25, -0.2) is 9.78 Å². The van der Waals surface area contributed by atoms with Crippen molar-refractivity contribution in [3.05, 3.63) is 15.6 Å². The van der Waals surface area contributed by atoms with E-state index in [4.69, 9.17) is 5.11 Å². The topological polar surface area (TPSA) is 82.5 Å². The molecule has 22 heavy (non-hydrogen) atoms. The predicted molar refractivity (Wildman–Crippen MR) is 85.2 cm³/mol. The second-order valence-electron chi connectivity index (χ2n) is 6.01. The average Bonchev–Trinajstić information content (AvgIpc) is 2.76. The molecule has 2 amide bonds. The standard InChI is InChI=1S/C15H23N3O3S/c1-9-6-12(14(19)20)8-18(7-9)15(21)16-5-4-13-17-10(2)11(3)22-13/h9,12H,4-8H2,1-3H3,(H,16,21)(H,19,20). The quantitative estimate of drug-likeness (QED) is 0.887. The Kier molecular flexibility index (Phi) is 5.39. The van der Waals surface area contributed by atoms with E-state index in [2.05, 4.69) is 10.3 Å². The molecule has 2 heterocycles. The van der Waals surface area contributed by atoms with E-state index in [9.17, 15) is 9.59 Å². The van der Waals surface area contributed by atoms with Crippen molar-refractivity contribution in [1.82, 2.24) is 15.2 Å². The van der Waals surface area contributed by atoms with Crippen molar-refractivity contribution in [3.63, 3.8) is 0 Å². The molecule has 2 N–H and O–H groups in total. The summed E-state index contributed by atoms with van der Waals surface area (Å²) >= 11 is 1.65. The van der Waals surface area contributed by atoms with Gasteiger partial charge in [-0.2, -0.15) is 0 Å². The predicted octanol–water partition coefficient (Wildman–Crippen LogP) is 2.05. The first kappa shape index (κ1) is 16.7. The van der Waals surface area contributed by atoms with E-state index in [-0.39, 0.29) is 11.9 Å². The van der Waals surface area contributed by atoms with Crippen molar-refractivity contribution in [2.45, 2.75) is 33.6 Å². The molecule has 0 radical (unpaired) electrons. The highest BCUT2D eigenvalue weighted by atomic mass is 32.1. The van der Waals surface area contributed by atoms with Crippen LogP contribution in [0.3, 0.4) is 0 Å². The van der Waals surface area contributed by atoms with E-state index in [1.807, 2.05) is 20.8 Å². The minimum Gasteiger partial charge on any atom is -0.481 e. The van der Waals surface area contributed by atoms with Crippen LogP contribution in [-0.4, -0.2) is 46.6 Å². The lowest BCUT2D eigenvalue weighted by Crippen LogP contribution is -2.49. The number of nitrogens with zero attached hydrogens (tertiary/aromatic N) is 2. The number of carbonyl (C=O) groups excluding carboxylic acids is 1. The SMILES string of the molecule is Cc1nc(CCNC(=O)N2CC(C)CC(C(=O)O)C2)sc1C. The summed E-state index contributed by atoms with van der Waals surface area (Å²) in [5, 5.41) is 13.0. The van der Waals surface area contributed by atoms with E-state index >= 15 is 0 Å². The third-order valence-electron chi connectivity index (χ3n) is 3.98. The number of hydrogen-bond donors (Lipinski definition) is 2. The molecule has 0 saturated carbocycles. The summed E-state index contributed by atoms with van der Waals surface area (Å²) in [5.74, 6) is -1.07. The number of hydrogen-bond acceptors (Lipinski definition) is 4. The summed E-state index contributed by atoms with van der Waals surface area (Å²) in [6.07, 6.45) is 1.34. The normalized spacial score (nSPS) is 21.7. The highest BCUT2D eigenvalue weighted by molar-refractivity contribution is 7.11. The van der Waals surface area contributed by atoms with Crippen LogP contribution in [0.5, 0.6) is 0 Å². The number of carboxylic acids is 1. The van der Waals surface area contributed by atoms with Crippen LogP contribution in [0.1, 0.15) is 28.9 Å². The molecule has 7 heteroatoms. The van der Waals surface area contributed by atoms with Crippen molar-refractivity contribution in [2.24, 2.45) is 11.8 Å². The Hall–Kier alpha value is -1.63. The number of aliphatic carboxylic acids is 1. The summed E-state index contributed by atoms with van der Waals surface area (Å²) in [6.45, 7) is 7.43. The van der Waals surface area contributed by atoms with Gasteiger partial charge in [-0.1, -0.05) is 6.92 Å². The lowest BCUT2D eigenvalue weighted by atomic mass is 9.91. The summed E-state index contributed by atoms with van der Waals surface area (Å²) in [6, 6.07) is -0.178. The fraction of sp³-hybridized carbons (Fsp3) is 0.667. The minimum absolute atomic E-state index is 0.178. The van der Waals surface area contributed by atoms with E-state index in [1.165, 1.54) is 4.88 Å². The van der Waals surface area contributed by atoms with Crippen LogP contribution in [0.15, 0.2) is 0 Å². The maximum Gasteiger partial charge on any atom is 0.317 e. The number of urea groups is 1. The van der Waals surface area contributed by atoms with Crippen LogP contribution in [0.4, 0.5) is 4.79 Å². The van der Waals surface area contributed by atoms with Crippen molar-refractivity contribution in [2.75, 3.05) is 19.6 Å². The van der Waals surface area contributed by atoms with Gasteiger partial charge >= 0.3 is 12.0 Å². The number of carbonyl (C=O) groups is 2. The highest BCUT2D eigenvalue weighted by Gasteiger charge is 2.31. The van der Waals surface area contributed by atoms with Crippen LogP contribution in [-0.2, 0) is 11.2 Å². The molecule has 1 fully saturated rings. The highest BCUT2D eigenvalue weighted by Crippen LogP contribution is 2.22. The summed E-state index contributed by atoms with van der Waals surface area (Å²) < 4.78 is 0. The third-order valence-corrected chi connectivity index (χ3v) is 5.12. The number of piperidine rings is 1. The van der Waals surface area contributed by atoms with E-state index < -0.39 is 11.9 Å². The average molecular weight is 325 g/mol. The number of aryl methyl sites for hydroxylation is 2. The monoisotopic (exact) mass is 325 g/mol. The maximum absolute atomic E-state index is 12.2. The van der Waals surface area contributed by atoms with Crippen molar-refractivity contribution in [1.29, 1.82) is 0 Å². The van der Waals surface area contributed by atoms with Gasteiger partial charge in [-0.3, -0.25) is 4.79 Å². The molecule has 122 valence electrons. The number of thiazole rings is 1. The molecule has 1 aliphatic heterocycles. The zero-order chi connectivity index (χ0) is 16.3. The molecule has 2 atom stereocenters. The molecular weight excluding hydrogens is 302 g/mol. The Morgan fingerprint density at radius 3 is 2.73 bits per heavy atom. The Balaban J connectivity index is 1.82. The van der Waals surface area contributed by atoms with Gasteiger partial charge < -0.3 is 15.3 Å². The summed E-state index contributed by atoms with van der Waals surface area (Å²) in [5.41, 5.74) is 1.04. The number of likely N-dealkylation sites (tertiary alicyclic amines) is 1. The Labute approximate surface area is 134 Å². The van der Waals surface area contributed by atoms with Gasteiger partial charge in [-0.15, -0.1) is 11.3 Å². The smallest absolute Gasteiger partial charge is 0.317 e. The van der Waals surface area contributed by atoms with Crippen molar-refractivity contribution in [3.8, 4) is 0 Å². The molecule has 1 aliphatic rings. The number of aromatic nitrogens is 1. The van der Waals surface area contributed by atoms with E-state index in [0.717, 1.165) is 10.7 Å². The van der Waals surface area contributed by atoms with Gasteiger partial charge in [0.15, 0.2) is 0 Å². The molecule has 0 bridgehead atoms. The lowest BCUT2D eigenvalue weighted by molar-refractivity contribution is -0.143. The fourth-order valence-electron chi connectivity index (χ4n) is 2.73. The van der Waals surface area contributed by atoms with Gasteiger partial charge in [-0.05, 0) is 26.2 Å². The van der Waals surface area contributed by atoms with Gasteiger partial charge in [0.05, 0.1) is 16.6 Å². The second-order valence-corrected chi connectivity index (χ2v) is 7.30. The fourth-order valence-corrected chi connectivity index (χ4v) is 3.66. The molecule has 2 rings (SSSR count). The molecule has 6 nitrogen and oxygen atoms in total. The van der Waals surface area contributed by atoms with Crippen LogP contribution < -0.4 is 5.32 Å². The Morgan fingerprint density at radius 2 is 2.14 bits per heavy atom. The largest absolute Gasteiger partial charge is 0.481 e. The Morgan fingerprint density at radius 1 is 1.41 bits per heavy atom. The summed E-state index contributed by atoms with van der Waals surface area (Å²) in [4.78, 5) is 30.6. The molecule has 0 aromatic carbocycles. The van der Waals surface area contributed by atoms with E-state index in [0.29, 0.717) is 32.5 Å². The van der Waals surface area contributed by atoms with Gasteiger partial charge in [0, 0.05) is 30.9 Å². The van der Waals surface area contributed by atoms with Crippen molar-refractivity contribution < 1.29 is 14.7 Å². The molecular formula is C15H23N3O3S. The molecule has 0 spiro atoms. The van der Waals surface area contributed by atoms with Crippen LogP contribution >= 0.6 is 11.3 Å². The van der Waals surface area contributed by atoms with Gasteiger partial charge in [0.1, 0.15) is 0 Å². The minimum atomic E-state index is -0.821. The number of nitrogens with one attached hydrogen (secondary N) is 1. The van der Waals surface area contributed by atoms with Gasteiger partial charge in [0.2, 0.25) is 0 Å². The van der Waals surface area contributed by atoms with Crippen LogP contribution in [0, 0.1) is 25.7 Å². The zero-order valence-electron chi connectivity index (χ0n) is 13.3. The first-order valence-corrected chi connectivity index (χ1v) is 8.37. The number of amides is 2. The molecule has 1 aromatic rings. The molecule has 0 aliphatic carbocycles. The lowest BCUT2D eigenvalue weighted by Gasteiger charge is -2.34. The van der Waals surface area contributed by atoms with Gasteiger partial charge in [0.25, 0.3) is 0 Å². The zero-order valence-corrected chi connectivity index (χ0v) is 14.1. The first-order chi connectivity index (χ1) is 10.4. The van der Waals surface area contributed by atoms with E-state index in [1.54, 1.807) is 16.2 Å². The number of carboxylic acid groups (broad SMARTS) is 1. The van der Waals surface area contributed by atoms with Crippen LogP contribution in [0.25, 0.3) is 0 Å². The molecule has 2 unspecified atom stereocenters. The molecule has 1 saturated heterocycles. The van der Waals surface area contributed by atoms with Crippen molar-refractivity contribution >= 4 is 23.3 Å². The first-order valence-electron chi connectivity index (χ1n) is 7.55. The summed E-state index contributed by atoms with van der Waals surface area (Å²) in [7, 11) is 0. The second kappa shape index (κ2) is 7.09. The molecule has 1 aromatic heterocycles. The van der Waals surface area contributed by atoms with Crippen LogP contribution in [0.2, 0.25) is 0 Å².